The molecular weight excluding hydrogens is 316 g/mol. The number of benzene rings is 1. The fourth-order valence-electron chi connectivity index (χ4n) is 2.71. The molecule has 0 radical (unpaired) electrons. The number of carbonyl (C=O) groups is 1. The Hall–Kier alpha value is -1.36. The molecule has 1 aromatic carbocycles. The van der Waals surface area contributed by atoms with E-state index in [1.54, 1.807) is 11.3 Å². The summed E-state index contributed by atoms with van der Waals surface area (Å²) < 4.78 is 0. The zero-order valence-corrected chi connectivity index (χ0v) is 14.0. The number of nitrogens with one attached hydrogen (secondary N) is 1. The molecule has 1 aromatic heterocycles. The smallest absolute Gasteiger partial charge is 0.261 e. The molecule has 118 valence electrons. The average molecular weight is 337 g/mol. The van der Waals surface area contributed by atoms with Gasteiger partial charge in [-0.05, 0) is 42.9 Å². The van der Waals surface area contributed by atoms with Crippen molar-refractivity contribution in [2.24, 2.45) is 5.73 Å². The molecule has 1 aliphatic rings. The maximum absolute atomic E-state index is 12.2. The highest BCUT2D eigenvalue weighted by Gasteiger charge is 2.17. The van der Waals surface area contributed by atoms with Crippen molar-refractivity contribution < 1.29 is 4.79 Å². The summed E-state index contributed by atoms with van der Waals surface area (Å²) in [4.78, 5) is 14.5. The van der Waals surface area contributed by atoms with Crippen LogP contribution in [0.4, 0.5) is 0 Å². The number of hydrogen-bond acceptors (Lipinski definition) is 3. The van der Waals surface area contributed by atoms with Crippen LogP contribution in [0.1, 0.15) is 44.6 Å². The van der Waals surface area contributed by atoms with Crippen LogP contribution in [0.3, 0.4) is 0 Å². The van der Waals surface area contributed by atoms with Crippen LogP contribution in [0.25, 0.3) is 0 Å². The van der Waals surface area contributed by atoms with Crippen molar-refractivity contribution in [2.45, 2.75) is 31.7 Å². The predicted octanol–water partition coefficient (Wildman–Crippen LogP) is 3.48. The molecule has 0 saturated heterocycles. The first-order valence-electron chi connectivity index (χ1n) is 7.44. The second-order valence-corrected chi connectivity index (χ2v) is 6.63. The molecule has 0 saturated carbocycles. The first-order chi connectivity index (χ1) is 10.2. The number of fused-ring (bicyclic) bond motifs is 1. The molecule has 3 nitrogen and oxygen atoms in total. The summed E-state index contributed by atoms with van der Waals surface area (Å²) in [5.74, 6) is 0.000723. The highest BCUT2D eigenvalue weighted by atomic mass is 35.5. The highest BCUT2D eigenvalue weighted by Crippen LogP contribution is 2.29. The maximum Gasteiger partial charge on any atom is 0.261 e. The predicted molar refractivity (Wildman–Crippen MR) is 93.9 cm³/mol. The average Bonchev–Trinajstić information content (AvgIpc) is 2.97. The van der Waals surface area contributed by atoms with Gasteiger partial charge in [-0.1, -0.05) is 30.3 Å². The van der Waals surface area contributed by atoms with E-state index in [0.717, 1.165) is 23.3 Å². The standard InChI is InChI=1S/C17H20N2OS.ClH/c18-14(12-6-2-1-3-7-12)11-19-17(20)16-10-13-8-4-5-9-15(13)21-16;/h1-3,6-7,10,14H,4-5,8-9,11,18H2,(H,19,20);1H. The van der Waals surface area contributed by atoms with Gasteiger partial charge in [0.05, 0.1) is 4.88 Å². The van der Waals surface area contributed by atoms with Crippen molar-refractivity contribution in [3.05, 3.63) is 57.3 Å². The molecule has 0 bridgehead atoms. The number of hydrogen-bond donors (Lipinski definition) is 2. The Bertz CT molecular complexity index is 603. The minimum Gasteiger partial charge on any atom is -0.349 e. The van der Waals surface area contributed by atoms with Gasteiger partial charge in [0.2, 0.25) is 0 Å². The van der Waals surface area contributed by atoms with Gasteiger partial charge in [-0.25, -0.2) is 0 Å². The van der Waals surface area contributed by atoms with Crippen LogP contribution < -0.4 is 11.1 Å². The Kier molecular flexibility index (Phi) is 6.00. The molecule has 3 rings (SSSR count). The van der Waals surface area contributed by atoms with Gasteiger partial charge in [-0.15, -0.1) is 23.7 Å². The fourth-order valence-corrected chi connectivity index (χ4v) is 3.88. The summed E-state index contributed by atoms with van der Waals surface area (Å²) in [5, 5.41) is 2.95. The molecule has 0 fully saturated rings. The largest absolute Gasteiger partial charge is 0.349 e. The van der Waals surface area contributed by atoms with Crippen LogP contribution >= 0.6 is 23.7 Å². The Morgan fingerprint density at radius 1 is 1.23 bits per heavy atom. The lowest BCUT2D eigenvalue weighted by atomic mass is 9.99. The van der Waals surface area contributed by atoms with Crippen molar-refractivity contribution in [3.8, 4) is 0 Å². The van der Waals surface area contributed by atoms with Gasteiger partial charge in [-0.3, -0.25) is 4.79 Å². The van der Waals surface area contributed by atoms with E-state index in [0.29, 0.717) is 6.54 Å². The second-order valence-electron chi connectivity index (χ2n) is 5.49. The lowest BCUT2D eigenvalue weighted by molar-refractivity contribution is 0.0955. The van der Waals surface area contributed by atoms with Crippen LogP contribution in [-0.4, -0.2) is 12.5 Å². The van der Waals surface area contributed by atoms with E-state index in [9.17, 15) is 4.79 Å². The third-order valence-electron chi connectivity index (χ3n) is 3.93. The van der Waals surface area contributed by atoms with Gasteiger partial charge in [0.15, 0.2) is 0 Å². The molecule has 0 spiro atoms. The molecule has 1 unspecified atom stereocenters. The third kappa shape index (κ3) is 3.88. The van der Waals surface area contributed by atoms with Crippen molar-refractivity contribution in [1.29, 1.82) is 0 Å². The van der Waals surface area contributed by atoms with E-state index in [2.05, 4.69) is 11.4 Å². The van der Waals surface area contributed by atoms with E-state index < -0.39 is 0 Å². The normalized spacial score (nSPS) is 14.6. The molecular formula is C17H21ClN2OS. The molecule has 1 atom stereocenters. The minimum atomic E-state index is -0.162. The van der Waals surface area contributed by atoms with E-state index in [1.165, 1.54) is 23.3 Å². The summed E-state index contributed by atoms with van der Waals surface area (Å²) in [6, 6.07) is 11.8. The monoisotopic (exact) mass is 336 g/mol. The van der Waals surface area contributed by atoms with Crippen LogP contribution in [0.2, 0.25) is 0 Å². The Labute approximate surface area is 141 Å². The zero-order valence-electron chi connectivity index (χ0n) is 12.4. The first kappa shape index (κ1) is 17.0. The molecule has 22 heavy (non-hydrogen) atoms. The fraction of sp³-hybridized carbons (Fsp3) is 0.353. The molecule has 1 heterocycles. The van der Waals surface area contributed by atoms with Crippen LogP contribution in [0.15, 0.2) is 36.4 Å². The van der Waals surface area contributed by atoms with Gasteiger partial charge < -0.3 is 11.1 Å². The molecule has 3 N–H and O–H groups in total. The van der Waals surface area contributed by atoms with Crippen molar-refractivity contribution in [3.63, 3.8) is 0 Å². The van der Waals surface area contributed by atoms with E-state index in [1.807, 2.05) is 30.3 Å². The first-order valence-corrected chi connectivity index (χ1v) is 8.26. The number of nitrogens with two attached hydrogens (primary N) is 1. The minimum absolute atomic E-state index is 0. The topological polar surface area (TPSA) is 55.1 Å². The van der Waals surface area contributed by atoms with E-state index in [-0.39, 0.29) is 24.4 Å². The van der Waals surface area contributed by atoms with Crippen molar-refractivity contribution in [1.82, 2.24) is 5.32 Å². The number of rotatable bonds is 4. The number of aryl methyl sites for hydroxylation is 2. The second kappa shape index (κ2) is 7.77. The highest BCUT2D eigenvalue weighted by molar-refractivity contribution is 7.14. The Balaban J connectivity index is 0.00000176. The maximum atomic E-state index is 12.2. The van der Waals surface area contributed by atoms with Crippen LogP contribution in [0, 0.1) is 0 Å². The molecule has 0 aliphatic heterocycles. The Morgan fingerprint density at radius 3 is 2.68 bits per heavy atom. The lowest BCUT2D eigenvalue weighted by Gasteiger charge is -2.12. The van der Waals surface area contributed by atoms with Gasteiger partial charge in [0, 0.05) is 17.5 Å². The van der Waals surface area contributed by atoms with E-state index >= 15 is 0 Å². The third-order valence-corrected chi connectivity index (χ3v) is 5.17. The molecule has 1 aliphatic carbocycles. The summed E-state index contributed by atoms with van der Waals surface area (Å²) in [6.07, 6.45) is 4.72. The zero-order chi connectivity index (χ0) is 14.7. The van der Waals surface area contributed by atoms with Gasteiger partial charge in [-0.2, -0.15) is 0 Å². The molecule has 2 aromatic rings. The lowest BCUT2D eigenvalue weighted by Crippen LogP contribution is -2.31. The van der Waals surface area contributed by atoms with Crippen molar-refractivity contribution in [2.75, 3.05) is 6.54 Å². The number of carbonyl (C=O) groups excluding carboxylic acids is 1. The van der Waals surface area contributed by atoms with E-state index in [4.69, 9.17) is 5.73 Å². The summed E-state index contributed by atoms with van der Waals surface area (Å²) in [6.45, 7) is 0.464. The molecule has 5 heteroatoms. The number of amides is 1. The van der Waals surface area contributed by atoms with Crippen LogP contribution in [0.5, 0.6) is 0 Å². The quantitative estimate of drug-likeness (QED) is 0.898. The Morgan fingerprint density at radius 2 is 1.95 bits per heavy atom. The number of thiophene rings is 1. The summed E-state index contributed by atoms with van der Waals surface area (Å²) in [7, 11) is 0. The summed E-state index contributed by atoms with van der Waals surface area (Å²) in [5.41, 5.74) is 8.52. The number of halogens is 1. The van der Waals surface area contributed by atoms with Crippen molar-refractivity contribution >= 4 is 29.7 Å². The van der Waals surface area contributed by atoms with Gasteiger partial charge >= 0.3 is 0 Å². The van der Waals surface area contributed by atoms with Gasteiger partial charge in [0.25, 0.3) is 5.91 Å². The molecule has 1 amide bonds. The van der Waals surface area contributed by atoms with Gasteiger partial charge in [0.1, 0.15) is 0 Å². The summed E-state index contributed by atoms with van der Waals surface area (Å²) >= 11 is 1.64. The van der Waals surface area contributed by atoms with Crippen LogP contribution in [-0.2, 0) is 12.8 Å². The SMILES string of the molecule is Cl.NC(CNC(=O)c1cc2c(s1)CCCC2)c1ccccc1.